The zero-order valence-corrected chi connectivity index (χ0v) is 14.7. The minimum absolute atomic E-state index is 0.186. The molecule has 0 saturated heterocycles. The number of rotatable bonds is 4. The largest absolute Gasteiger partial charge is 0.468 e. The predicted molar refractivity (Wildman–Crippen MR) is 91.6 cm³/mol. The van der Waals surface area contributed by atoms with E-state index in [9.17, 15) is 14.0 Å². The van der Waals surface area contributed by atoms with Crippen LogP contribution in [-0.2, 0) is 16.0 Å². The molecule has 0 N–H and O–H groups in total. The molecule has 0 saturated carbocycles. The molecule has 0 bridgehead atoms. The van der Waals surface area contributed by atoms with Gasteiger partial charge in [0.1, 0.15) is 11.1 Å². The van der Waals surface area contributed by atoms with E-state index in [1.54, 1.807) is 6.92 Å². The Morgan fingerprint density at radius 2 is 2.12 bits per heavy atom. The summed E-state index contributed by atoms with van der Waals surface area (Å²) in [4.78, 5) is 29.8. The normalized spacial score (nSPS) is 14.3. The maximum atomic E-state index is 13.2. The Labute approximate surface area is 146 Å². The topological polar surface area (TPSA) is 61.2 Å². The number of halogens is 1. The highest BCUT2D eigenvalue weighted by molar-refractivity contribution is 8.00. The molecule has 0 spiro atoms. The fraction of sp³-hybridized carbons (Fsp3) is 0.312. The van der Waals surface area contributed by atoms with E-state index < -0.39 is 11.2 Å². The fourth-order valence-electron chi connectivity index (χ4n) is 2.36. The van der Waals surface area contributed by atoms with Crippen molar-refractivity contribution in [3.63, 3.8) is 0 Å². The number of hydrogen-bond acceptors (Lipinski definition) is 6. The number of thioether (sulfide) groups is 2. The minimum atomic E-state index is -0.513. The Kier molecular flexibility index (Phi) is 4.96. The van der Waals surface area contributed by atoms with Gasteiger partial charge in [-0.3, -0.25) is 14.2 Å². The van der Waals surface area contributed by atoms with Crippen LogP contribution in [0.25, 0.3) is 5.69 Å². The number of esters is 1. The Morgan fingerprint density at radius 1 is 1.42 bits per heavy atom. The van der Waals surface area contributed by atoms with Crippen molar-refractivity contribution in [2.75, 3.05) is 12.9 Å². The molecule has 0 amide bonds. The summed E-state index contributed by atoms with van der Waals surface area (Å²) in [5.41, 5.74) is 1.08. The summed E-state index contributed by atoms with van der Waals surface area (Å²) >= 11 is 2.63. The Balaban J connectivity index is 2.12. The van der Waals surface area contributed by atoms with Gasteiger partial charge in [0, 0.05) is 12.2 Å². The zero-order valence-electron chi connectivity index (χ0n) is 13.1. The summed E-state index contributed by atoms with van der Waals surface area (Å²) in [7, 11) is 1.32. The number of carbonyl (C=O) groups excluding carboxylic acids is 1. The van der Waals surface area contributed by atoms with Crippen molar-refractivity contribution in [2.24, 2.45) is 0 Å². The summed E-state index contributed by atoms with van der Waals surface area (Å²) in [6, 6.07) is 5.63. The van der Waals surface area contributed by atoms with E-state index in [-0.39, 0.29) is 11.4 Å². The van der Waals surface area contributed by atoms with Crippen LogP contribution in [-0.4, -0.2) is 33.6 Å². The maximum Gasteiger partial charge on any atom is 0.318 e. The zero-order chi connectivity index (χ0) is 17.3. The van der Waals surface area contributed by atoms with Crippen molar-refractivity contribution in [1.82, 2.24) is 9.55 Å². The Bertz CT molecular complexity index is 836. The molecule has 1 aromatic carbocycles. The average Bonchev–Trinajstić information content (AvgIpc) is 3.04. The molecular formula is C16H15FN2O3S2. The maximum absolute atomic E-state index is 13.2. The molecule has 1 atom stereocenters. The number of benzene rings is 1. The van der Waals surface area contributed by atoms with E-state index in [0.29, 0.717) is 15.7 Å². The standard InChI is InChI=1S/C16H15FN2O3S2/c1-9(15(21)22-2)24-16-18-12-7-8-23-13(12)14(20)19(16)11-5-3-10(17)4-6-11/h3-6,9H,7-8H2,1-2H3/t9-/m0/s1. The SMILES string of the molecule is COC(=O)[C@H](C)Sc1nc2c(c(=O)n1-c1ccc(F)cc1)SCC2. The molecule has 2 heterocycles. The highest BCUT2D eigenvalue weighted by atomic mass is 32.2. The van der Waals surface area contributed by atoms with E-state index in [4.69, 9.17) is 4.74 Å². The van der Waals surface area contributed by atoms with Gasteiger partial charge in [-0.2, -0.15) is 0 Å². The van der Waals surface area contributed by atoms with Gasteiger partial charge in [-0.1, -0.05) is 11.8 Å². The smallest absolute Gasteiger partial charge is 0.318 e. The van der Waals surface area contributed by atoms with Crippen LogP contribution < -0.4 is 5.56 Å². The molecule has 8 heteroatoms. The first-order chi connectivity index (χ1) is 11.5. The van der Waals surface area contributed by atoms with Crippen molar-refractivity contribution in [3.05, 3.63) is 46.1 Å². The van der Waals surface area contributed by atoms with Crippen molar-refractivity contribution in [3.8, 4) is 5.69 Å². The second-order valence-electron chi connectivity index (χ2n) is 5.17. The number of hydrogen-bond donors (Lipinski definition) is 0. The van der Waals surface area contributed by atoms with Crippen LogP contribution in [0, 0.1) is 5.82 Å². The molecule has 3 rings (SSSR count). The number of ether oxygens (including phenoxy) is 1. The van der Waals surface area contributed by atoms with Crippen molar-refractivity contribution >= 4 is 29.5 Å². The van der Waals surface area contributed by atoms with E-state index in [1.165, 1.54) is 47.7 Å². The highest BCUT2D eigenvalue weighted by Crippen LogP contribution is 2.31. The number of carbonyl (C=O) groups is 1. The molecule has 126 valence electrons. The quantitative estimate of drug-likeness (QED) is 0.471. The first-order valence-electron chi connectivity index (χ1n) is 7.30. The molecule has 0 unspecified atom stereocenters. The second-order valence-corrected chi connectivity index (χ2v) is 7.58. The molecular weight excluding hydrogens is 351 g/mol. The van der Waals surface area contributed by atoms with Crippen LogP contribution in [0.1, 0.15) is 12.6 Å². The number of aromatic nitrogens is 2. The summed E-state index contributed by atoms with van der Waals surface area (Å²) < 4.78 is 19.4. The van der Waals surface area contributed by atoms with E-state index in [1.807, 2.05) is 0 Å². The first kappa shape index (κ1) is 17.0. The highest BCUT2D eigenvalue weighted by Gasteiger charge is 2.25. The van der Waals surface area contributed by atoms with Gasteiger partial charge in [0.15, 0.2) is 5.16 Å². The summed E-state index contributed by atoms with van der Waals surface area (Å²) in [6.45, 7) is 1.69. The lowest BCUT2D eigenvalue weighted by molar-refractivity contribution is -0.139. The van der Waals surface area contributed by atoms with Gasteiger partial charge in [0.25, 0.3) is 5.56 Å². The third-order valence-corrected chi connectivity index (χ3v) is 5.70. The lowest BCUT2D eigenvalue weighted by Gasteiger charge is -2.15. The summed E-state index contributed by atoms with van der Waals surface area (Å²) in [6.07, 6.45) is 0.722. The van der Waals surface area contributed by atoms with Crippen LogP contribution in [0.15, 0.2) is 39.1 Å². The first-order valence-corrected chi connectivity index (χ1v) is 9.17. The molecule has 1 aliphatic heterocycles. The van der Waals surface area contributed by atoms with Gasteiger partial charge >= 0.3 is 5.97 Å². The van der Waals surface area contributed by atoms with Gasteiger partial charge in [-0.25, -0.2) is 9.37 Å². The average molecular weight is 366 g/mol. The number of aryl methyl sites for hydroxylation is 1. The predicted octanol–water partition coefficient (Wildman–Crippen LogP) is 2.67. The lowest BCUT2D eigenvalue weighted by atomic mass is 10.3. The van der Waals surface area contributed by atoms with Crippen LogP contribution in [0.3, 0.4) is 0 Å². The molecule has 1 aliphatic rings. The third kappa shape index (κ3) is 3.21. The molecule has 5 nitrogen and oxygen atoms in total. The number of nitrogens with zero attached hydrogens (tertiary/aromatic N) is 2. The molecule has 0 fully saturated rings. The third-order valence-electron chi connectivity index (χ3n) is 3.57. The molecule has 0 aliphatic carbocycles. The van der Waals surface area contributed by atoms with Crippen LogP contribution in [0.2, 0.25) is 0 Å². The van der Waals surface area contributed by atoms with Crippen molar-refractivity contribution in [2.45, 2.75) is 28.6 Å². The number of fused-ring (bicyclic) bond motifs is 1. The lowest BCUT2D eigenvalue weighted by Crippen LogP contribution is -2.25. The van der Waals surface area contributed by atoms with E-state index >= 15 is 0 Å². The van der Waals surface area contributed by atoms with Gasteiger partial charge in [0.05, 0.1) is 23.4 Å². The van der Waals surface area contributed by atoms with Gasteiger partial charge < -0.3 is 4.74 Å². The molecule has 0 radical (unpaired) electrons. The second kappa shape index (κ2) is 6.98. The molecule has 1 aromatic heterocycles. The van der Waals surface area contributed by atoms with Crippen molar-refractivity contribution in [1.29, 1.82) is 0 Å². The minimum Gasteiger partial charge on any atom is -0.468 e. The van der Waals surface area contributed by atoms with Crippen LogP contribution in [0.4, 0.5) is 4.39 Å². The van der Waals surface area contributed by atoms with Gasteiger partial charge in [-0.05, 0) is 31.2 Å². The number of methoxy groups -OCH3 is 1. The van der Waals surface area contributed by atoms with Gasteiger partial charge in [-0.15, -0.1) is 11.8 Å². The Hall–Kier alpha value is -1.80. The summed E-state index contributed by atoms with van der Waals surface area (Å²) in [5.74, 6) is 0.0315. The molecule has 2 aromatic rings. The fourth-order valence-corrected chi connectivity index (χ4v) is 4.36. The van der Waals surface area contributed by atoms with E-state index in [0.717, 1.165) is 29.6 Å². The van der Waals surface area contributed by atoms with Crippen LogP contribution in [0.5, 0.6) is 0 Å². The van der Waals surface area contributed by atoms with Gasteiger partial charge in [0.2, 0.25) is 0 Å². The van der Waals surface area contributed by atoms with Crippen LogP contribution >= 0.6 is 23.5 Å². The molecule has 24 heavy (non-hydrogen) atoms. The van der Waals surface area contributed by atoms with E-state index in [2.05, 4.69) is 4.98 Å². The van der Waals surface area contributed by atoms with Crippen molar-refractivity contribution < 1.29 is 13.9 Å². The Morgan fingerprint density at radius 3 is 2.79 bits per heavy atom. The summed E-state index contributed by atoms with van der Waals surface area (Å²) in [5, 5.41) is -0.105. The monoisotopic (exact) mass is 366 g/mol.